The van der Waals surface area contributed by atoms with E-state index in [1.165, 1.54) is 4.90 Å². The topological polar surface area (TPSA) is 93.1 Å². The molecule has 0 saturated carbocycles. The predicted molar refractivity (Wildman–Crippen MR) is 135 cm³/mol. The Labute approximate surface area is 211 Å². The van der Waals surface area contributed by atoms with Gasteiger partial charge in [-0.2, -0.15) is 0 Å². The van der Waals surface area contributed by atoms with Crippen molar-refractivity contribution < 1.29 is 29.0 Å². The van der Waals surface area contributed by atoms with Crippen molar-refractivity contribution in [1.29, 1.82) is 0 Å². The van der Waals surface area contributed by atoms with Gasteiger partial charge < -0.3 is 19.5 Å². The van der Waals surface area contributed by atoms with Crippen LogP contribution in [0, 0.1) is 29.6 Å². The lowest BCUT2D eigenvalue weighted by Crippen LogP contribution is -2.59. The zero-order valence-corrected chi connectivity index (χ0v) is 23.2. The van der Waals surface area contributed by atoms with Crippen LogP contribution in [0.25, 0.3) is 0 Å². The number of carbonyl (C=O) groups is 3. The number of carbonyl (C=O) groups excluding carboxylic acids is 3. The van der Waals surface area contributed by atoms with Crippen LogP contribution in [0.2, 0.25) is 0 Å². The van der Waals surface area contributed by atoms with E-state index in [1.54, 1.807) is 6.92 Å². The van der Waals surface area contributed by atoms with Crippen LogP contribution in [0.3, 0.4) is 0 Å². The summed E-state index contributed by atoms with van der Waals surface area (Å²) in [7, 11) is 0. The molecule has 7 heteroatoms. The molecule has 1 N–H and O–H groups in total. The summed E-state index contributed by atoms with van der Waals surface area (Å²) in [5.41, 5.74) is 0.986. The minimum absolute atomic E-state index is 0.0620. The lowest BCUT2D eigenvalue weighted by atomic mass is 9.84. The second kappa shape index (κ2) is 12.0. The Bertz CT molecular complexity index is 803. The van der Waals surface area contributed by atoms with Crippen molar-refractivity contribution in [3.63, 3.8) is 0 Å². The Kier molecular flexibility index (Phi) is 10.1. The van der Waals surface area contributed by atoms with Crippen LogP contribution in [-0.2, 0) is 23.9 Å². The summed E-state index contributed by atoms with van der Waals surface area (Å²) in [5.74, 6) is -4.07. The minimum atomic E-state index is -2.17. The first kappa shape index (κ1) is 29.5. The molecule has 0 aromatic carbocycles. The first-order valence-electron chi connectivity index (χ1n) is 13.3. The number of nitrogens with zero attached hydrogens (tertiary/aromatic N) is 1. The third-order valence-corrected chi connectivity index (χ3v) is 7.81. The number of aliphatic hydroxyl groups is 1. The van der Waals surface area contributed by atoms with Gasteiger partial charge in [0.15, 0.2) is 0 Å². The molecule has 0 bridgehead atoms. The van der Waals surface area contributed by atoms with Gasteiger partial charge in [0.1, 0.15) is 12.1 Å². The molecule has 1 unspecified atom stereocenters. The Morgan fingerprint density at radius 2 is 1.66 bits per heavy atom. The highest BCUT2D eigenvalue weighted by molar-refractivity contribution is 6.39. The minimum Gasteiger partial charge on any atom is -0.456 e. The zero-order chi connectivity index (χ0) is 26.7. The molecule has 0 radical (unpaired) electrons. The summed E-state index contributed by atoms with van der Waals surface area (Å²) in [4.78, 5) is 41.0. The molecule has 1 amide bonds. The molecule has 0 spiro atoms. The molecule has 2 aliphatic rings. The van der Waals surface area contributed by atoms with E-state index in [0.29, 0.717) is 31.1 Å². The van der Waals surface area contributed by atoms with Gasteiger partial charge in [-0.1, -0.05) is 61.5 Å². The summed E-state index contributed by atoms with van der Waals surface area (Å²) in [6.07, 6.45) is 3.76. The molecular weight excluding hydrogens is 446 g/mol. The third kappa shape index (κ3) is 6.73. The molecule has 0 aromatic heterocycles. The average molecular weight is 494 g/mol. The van der Waals surface area contributed by atoms with Gasteiger partial charge in [-0.25, -0.2) is 4.79 Å². The van der Waals surface area contributed by atoms with Crippen LogP contribution in [0.4, 0.5) is 0 Å². The summed E-state index contributed by atoms with van der Waals surface area (Å²) in [6, 6.07) is -0.841. The molecule has 2 saturated heterocycles. The number of hydrogen-bond donors (Lipinski definition) is 1. The highest BCUT2D eigenvalue weighted by atomic mass is 16.6. The molecule has 0 aliphatic carbocycles. The fourth-order valence-electron chi connectivity index (χ4n) is 4.96. The third-order valence-electron chi connectivity index (χ3n) is 7.81. The van der Waals surface area contributed by atoms with Crippen molar-refractivity contribution in [3.05, 3.63) is 11.6 Å². The SMILES string of the molecule is C/C(=C\[C@@H](C)C(C)C)[C@@H](OC(=O)[C@@H]1CCCN1C(=O)C(=O)[C@]1(O)OC(C(C)C)CC[C@H]1C)C(C)C. The van der Waals surface area contributed by atoms with Crippen LogP contribution in [0.1, 0.15) is 88.0 Å². The Balaban J connectivity index is 2.18. The number of ether oxygens (including phenoxy) is 2. The number of Topliss-reactive ketones (excluding diaryl/α,β-unsaturated/α-hetero) is 1. The number of amides is 1. The molecule has 0 aromatic rings. The lowest BCUT2D eigenvalue weighted by Gasteiger charge is -2.42. The standard InChI is InChI=1S/C28H47NO6/c1-16(2)19(7)15-20(8)24(18(5)6)34-27(32)22-11-10-14-29(22)26(31)25(30)28(33)21(9)12-13-23(35-28)17(3)4/h15-19,21-24,33H,10-14H2,1-9H3/b20-15+/t19-,21-,22+,23?,24+,28-/m1/s1. The molecule has 35 heavy (non-hydrogen) atoms. The number of rotatable bonds is 9. The number of esters is 1. The lowest BCUT2D eigenvalue weighted by molar-refractivity contribution is -0.269. The molecule has 2 rings (SSSR count). The van der Waals surface area contributed by atoms with Gasteiger partial charge in [-0.15, -0.1) is 0 Å². The summed E-state index contributed by atoms with van der Waals surface area (Å²) in [6.45, 7) is 18.3. The second-order valence-electron chi connectivity index (χ2n) is 11.7. The van der Waals surface area contributed by atoms with Crippen molar-refractivity contribution in [2.24, 2.45) is 29.6 Å². The average Bonchev–Trinajstić information content (AvgIpc) is 3.27. The number of allylic oxidation sites excluding steroid dienone is 1. The van der Waals surface area contributed by atoms with Gasteiger partial charge in [0.05, 0.1) is 6.10 Å². The van der Waals surface area contributed by atoms with E-state index in [1.807, 2.05) is 34.6 Å². The van der Waals surface area contributed by atoms with Gasteiger partial charge in [0.2, 0.25) is 5.79 Å². The van der Waals surface area contributed by atoms with Gasteiger partial charge in [0, 0.05) is 12.5 Å². The molecular formula is C28H47NO6. The van der Waals surface area contributed by atoms with E-state index in [-0.39, 0.29) is 24.5 Å². The summed E-state index contributed by atoms with van der Waals surface area (Å²) in [5, 5.41) is 11.2. The van der Waals surface area contributed by atoms with Crippen molar-refractivity contribution in [2.45, 2.75) is 112 Å². The number of likely N-dealkylation sites (tertiary alicyclic amines) is 1. The van der Waals surface area contributed by atoms with Crippen LogP contribution < -0.4 is 0 Å². The van der Waals surface area contributed by atoms with Crippen LogP contribution in [0.5, 0.6) is 0 Å². The smallest absolute Gasteiger partial charge is 0.329 e. The Morgan fingerprint density at radius 3 is 2.20 bits per heavy atom. The van der Waals surface area contributed by atoms with E-state index in [2.05, 4.69) is 26.8 Å². The molecule has 200 valence electrons. The maximum absolute atomic E-state index is 13.3. The first-order valence-corrected chi connectivity index (χ1v) is 13.3. The number of hydrogen-bond acceptors (Lipinski definition) is 6. The highest BCUT2D eigenvalue weighted by Crippen LogP contribution is 2.36. The fraction of sp³-hybridized carbons (Fsp3) is 0.821. The van der Waals surface area contributed by atoms with Crippen LogP contribution in [-0.4, -0.2) is 58.2 Å². The Hall–Kier alpha value is -1.73. The molecule has 2 heterocycles. The largest absolute Gasteiger partial charge is 0.456 e. The van der Waals surface area contributed by atoms with E-state index in [9.17, 15) is 19.5 Å². The molecule has 6 atom stereocenters. The fourth-order valence-corrected chi connectivity index (χ4v) is 4.96. The van der Waals surface area contributed by atoms with Gasteiger partial charge in [0.25, 0.3) is 11.7 Å². The van der Waals surface area contributed by atoms with E-state index in [4.69, 9.17) is 9.47 Å². The highest BCUT2D eigenvalue weighted by Gasteiger charge is 2.53. The van der Waals surface area contributed by atoms with Gasteiger partial charge in [-0.05, 0) is 61.9 Å². The molecule has 2 fully saturated rings. The van der Waals surface area contributed by atoms with Gasteiger partial charge >= 0.3 is 5.97 Å². The monoisotopic (exact) mass is 493 g/mol. The van der Waals surface area contributed by atoms with E-state index in [0.717, 1.165) is 12.0 Å². The van der Waals surface area contributed by atoms with E-state index < -0.39 is 41.5 Å². The van der Waals surface area contributed by atoms with E-state index >= 15 is 0 Å². The van der Waals surface area contributed by atoms with Crippen LogP contribution in [0.15, 0.2) is 11.6 Å². The first-order chi connectivity index (χ1) is 16.2. The number of ketones is 1. The second-order valence-corrected chi connectivity index (χ2v) is 11.7. The molecule has 7 nitrogen and oxygen atoms in total. The van der Waals surface area contributed by atoms with Crippen molar-refractivity contribution in [3.8, 4) is 0 Å². The van der Waals surface area contributed by atoms with Crippen molar-refractivity contribution in [2.75, 3.05) is 6.54 Å². The van der Waals surface area contributed by atoms with Crippen molar-refractivity contribution >= 4 is 17.7 Å². The Morgan fingerprint density at radius 1 is 1.03 bits per heavy atom. The van der Waals surface area contributed by atoms with Gasteiger partial charge in [-0.3, -0.25) is 9.59 Å². The maximum atomic E-state index is 13.3. The maximum Gasteiger partial charge on any atom is 0.329 e. The van der Waals surface area contributed by atoms with Crippen molar-refractivity contribution in [1.82, 2.24) is 4.90 Å². The molecule has 2 aliphatic heterocycles. The normalized spacial score (nSPS) is 29.6. The zero-order valence-electron chi connectivity index (χ0n) is 23.2. The summed E-state index contributed by atoms with van der Waals surface area (Å²) >= 11 is 0. The summed E-state index contributed by atoms with van der Waals surface area (Å²) < 4.78 is 11.7. The predicted octanol–water partition coefficient (Wildman–Crippen LogP) is 4.51. The van der Waals surface area contributed by atoms with Crippen LogP contribution >= 0.6 is 0 Å². The quantitative estimate of drug-likeness (QED) is 0.289.